The van der Waals surface area contributed by atoms with Gasteiger partial charge in [-0.1, -0.05) is 13.8 Å². The van der Waals surface area contributed by atoms with E-state index in [0.717, 1.165) is 5.69 Å². The summed E-state index contributed by atoms with van der Waals surface area (Å²) in [5.41, 5.74) is 6.62. The summed E-state index contributed by atoms with van der Waals surface area (Å²) in [6.07, 6.45) is 3.43. The predicted octanol–water partition coefficient (Wildman–Crippen LogP) is 0.000400. The van der Waals surface area contributed by atoms with Gasteiger partial charge in [0.2, 0.25) is 11.8 Å². The van der Waals surface area contributed by atoms with Crippen LogP contribution in [0.25, 0.3) is 0 Å². The largest absolute Gasteiger partial charge is 0.330 e. The number of nitrogens with two attached hydrogens (primary N) is 1. The first-order valence-corrected chi connectivity index (χ1v) is 6.73. The third kappa shape index (κ3) is 3.74. The van der Waals surface area contributed by atoms with E-state index in [0.29, 0.717) is 13.1 Å². The van der Waals surface area contributed by atoms with Gasteiger partial charge in [-0.2, -0.15) is 5.10 Å². The minimum Gasteiger partial charge on any atom is -0.330 e. The first-order valence-electron chi connectivity index (χ1n) is 6.73. The number of aryl methyl sites for hydroxylation is 1. The molecule has 1 aromatic rings. The summed E-state index contributed by atoms with van der Waals surface area (Å²) in [7, 11) is 1.80. The van der Waals surface area contributed by atoms with Gasteiger partial charge in [0.05, 0.1) is 17.9 Å². The number of halogens is 1. The molecule has 8 heteroatoms. The van der Waals surface area contributed by atoms with Crippen molar-refractivity contribution in [3.8, 4) is 0 Å². The normalized spacial score (nSPS) is 16.9. The number of rotatable bonds is 3. The summed E-state index contributed by atoms with van der Waals surface area (Å²) in [5, 5.41) is 4.05. The van der Waals surface area contributed by atoms with E-state index in [9.17, 15) is 9.59 Å². The fourth-order valence-electron chi connectivity index (χ4n) is 2.18. The number of hydrogen-bond acceptors (Lipinski definition) is 4. The maximum absolute atomic E-state index is 12.2. The molecule has 2 N–H and O–H groups in total. The van der Waals surface area contributed by atoms with E-state index in [2.05, 4.69) is 5.10 Å². The average molecular weight is 316 g/mol. The first-order chi connectivity index (χ1) is 9.40. The molecule has 2 rings (SSSR count). The van der Waals surface area contributed by atoms with Gasteiger partial charge in [0.15, 0.2) is 0 Å². The Balaban J connectivity index is 0.00000220. The number of amides is 2. The molecule has 118 valence electrons. The Bertz CT molecular complexity index is 516. The van der Waals surface area contributed by atoms with Crippen molar-refractivity contribution in [1.29, 1.82) is 0 Å². The topological polar surface area (TPSA) is 84.5 Å². The van der Waals surface area contributed by atoms with Crippen molar-refractivity contribution in [1.82, 2.24) is 14.7 Å². The van der Waals surface area contributed by atoms with Crippen LogP contribution in [-0.2, 0) is 16.6 Å². The van der Waals surface area contributed by atoms with E-state index >= 15 is 0 Å². The summed E-state index contributed by atoms with van der Waals surface area (Å²) in [5.74, 6) is -0.193. The van der Waals surface area contributed by atoms with Gasteiger partial charge >= 0.3 is 0 Å². The van der Waals surface area contributed by atoms with Gasteiger partial charge in [-0.05, 0) is 5.92 Å². The van der Waals surface area contributed by atoms with Gasteiger partial charge in [0, 0.05) is 26.3 Å². The smallest absolute Gasteiger partial charge is 0.246 e. The molecule has 1 fully saturated rings. The van der Waals surface area contributed by atoms with Crippen molar-refractivity contribution in [2.75, 3.05) is 24.5 Å². The molecular weight excluding hydrogens is 294 g/mol. The van der Waals surface area contributed by atoms with Crippen LogP contribution in [0.2, 0.25) is 0 Å². The molecule has 1 aromatic heterocycles. The van der Waals surface area contributed by atoms with Gasteiger partial charge < -0.3 is 15.5 Å². The third-order valence-corrected chi connectivity index (χ3v) is 3.54. The van der Waals surface area contributed by atoms with Gasteiger partial charge in [-0.15, -0.1) is 12.4 Å². The van der Waals surface area contributed by atoms with Crippen LogP contribution >= 0.6 is 12.4 Å². The SMILES string of the molecule is CC(C)[C@H](N)C(=O)N1CCN(c2cnn(C)c2)C(=O)C1.Cl. The number of piperazine rings is 1. The van der Waals surface area contributed by atoms with E-state index in [1.165, 1.54) is 0 Å². The molecule has 0 unspecified atom stereocenters. The molecule has 7 nitrogen and oxygen atoms in total. The highest BCUT2D eigenvalue weighted by Gasteiger charge is 2.31. The maximum atomic E-state index is 12.2. The molecule has 0 radical (unpaired) electrons. The van der Waals surface area contributed by atoms with Crippen molar-refractivity contribution in [2.45, 2.75) is 19.9 Å². The molecule has 0 aliphatic carbocycles. The first kappa shape index (κ1) is 17.5. The summed E-state index contributed by atoms with van der Waals surface area (Å²) in [4.78, 5) is 27.5. The Hall–Kier alpha value is -1.60. The Morgan fingerprint density at radius 2 is 2.05 bits per heavy atom. The highest BCUT2D eigenvalue weighted by molar-refractivity contribution is 5.98. The fourth-order valence-corrected chi connectivity index (χ4v) is 2.18. The van der Waals surface area contributed by atoms with Crippen LogP contribution in [0, 0.1) is 5.92 Å². The Kier molecular flexibility index (Phi) is 5.74. The number of anilines is 1. The molecule has 1 aliphatic heterocycles. The lowest BCUT2D eigenvalue weighted by Gasteiger charge is -2.35. The van der Waals surface area contributed by atoms with Crippen LogP contribution in [0.15, 0.2) is 12.4 Å². The highest BCUT2D eigenvalue weighted by atomic mass is 35.5. The van der Waals surface area contributed by atoms with Gasteiger partial charge in [0.25, 0.3) is 0 Å². The zero-order chi connectivity index (χ0) is 14.9. The molecule has 0 bridgehead atoms. The Morgan fingerprint density at radius 1 is 1.38 bits per heavy atom. The molecule has 21 heavy (non-hydrogen) atoms. The summed E-state index contributed by atoms with van der Waals surface area (Å²) >= 11 is 0. The monoisotopic (exact) mass is 315 g/mol. The van der Waals surface area contributed by atoms with Gasteiger partial charge in [0.1, 0.15) is 6.54 Å². The molecule has 0 aromatic carbocycles. The van der Waals surface area contributed by atoms with Crippen molar-refractivity contribution in [2.24, 2.45) is 18.7 Å². The predicted molar refractivity (Wildman–Crippen MR) is 82.2 cm³/mol. The van der Waals surface area contributed by atoms with E-state index < -0.39 is 6.04 Å². The summed E-state index contributed by atoms with van der Waals surface area (Å²) < 4.78 is 1.65. The van der Waals surface area contributed by atoms with Crippen LogP contribution in [-0.4, -0.2) is 52.2 Å². The van der Waals surface area contributed by atoms with E-state index in [4.69, 9.17) is 5.73 Å². The standard InChI is InChI=1S/C13H21N5O2.ClH/c1-9(2)12(14)13(20)17-4-5-18(11(19)8-17)10-6-15-16(3)7-10;/h6-7,9,12H,4-5,8,14H2,1-3H3;1H/t12-;/m0./s1. The van der Waals surface area contributed by atoms with Crippen LogP contribution in [0.4, 0.5) is 5.69 Å². The summed E-state index contributed by atoms with van der Waals surface area (Å²) in [6, 6.07) is -0.548. The number of hydrogen-bond donors (Lipinski definition) is 1. The molecule has 1 atom stereocenters. The van der Waals surface area contributed by atoms with Gasteiger partial charge in [-0.25, -0.2) is 0 Å². The molecule has 1 aliphatic rings. The molecule has 0 saturated carbocycles. The number of carbonyl (C=O) groups excluding carboxylic acids is 2. The number of aromatic nitrogens is 2. The maximum Gasteiger partial charge on any atom is 0.246 e. The lowest BCUT2D eigenvalue weighted by Crippen LogP contribution is -2.56. The van der Waals surface area contributed by atoms with Crippen LogP contribution < -0.4 is 10.6 Å². The van der Waals surface area contributed by atoms with E-state index in [1.54, 1.807) is 33.9 Å². The molecular formula is C13H22ClN5O2. The van der Waals surface area contributed by atoms with Crippen molar-refractivity contribution in [3.63, 3.8) is 0 Å². The highest BCUT2D eigenvalue weighted by Crippen LogP contribution is 2.16. The second kappa shape index (κ2) is 6.91. The zero-order valence-corrected chi connectivity index (χ0v) is 13.3. The number of nitrogens with zero attached hydrogens (tertiary/aromatic N) is 4. The number of carbonyl (C=O) groups is 2. The lowest BCUT2D eigenvalue weighted by molar-refractivity contribution is -0.138. The quantitative estimate of drug-likeness (QED) is 0.851. The second-order valence-corrected chi connectivity index (χ2v) is 5.45. The molecule has 1 saturated heterocycles. The van der Waals surface area contributed by atoms with Crippen LogP contribution in [0.3, 0.4) is 0 Å². The molecule has 2 amide bonds. The average Bonchev–Trinajstić information content (AvgIpc) is 2.83. The van der Waals surface area contributed by atoms with Crippen LogP contribution in [0.5, 0.6) is 0 Å². The second-order valence-electron chi connectivity index (χ2n) is 5.45. The summed E-state index contributed by atoms with van der Waals surface area (Å²) in [6.45, 7) is 4.85. The minimum atomic E-state index is -0.548. The van der Waals surface area contributed by atoms with Crippen molar-refractivity contribution < 1.29 is 9.59 Å². The molecule has 2 heterocycles. The van der Waals surface area contributed by atoms with E-state index in [-0.39, 0.29) is 36.7 Å². The Labute approximate surface area is 130 Å². The lowest BCUT2D eigenvalue weighted by atomic mass is 10.0. The fraction of sp³-hybridized carbons (Fsp3) is 0.615. The van der Waals surface area contributed by atoms with Crippen molar-refractivity contribution >= 4 is 29.9 Å². The van der Waals surface area contributed by atoms with Gasteiger partial charge in [-0.3, -0.25) is 14.3 Å². The van der Waals surface area contributed by atoms with Crippen LogP contribution in [0.1, 0.15) is 13.8 Å². The Morgan fingerprint density at radius 3 is 2.52 bits per heavy atom. The van der Waals surface area contributed by atoms with E-state index in [1.807, 2.05) is 13.8 Å². The molecule has 0 spiro atoms. The van der Waals surface area contributed by atoms with Crippen molar-refractivity contribution in [3.05, 3.63) is 12.4 Å². The minimum absolute atomic E-state index is 0. The zero-order valence-electron chi connectivity index (χ0n) is 12.5. The third-order valence-electron chi connectivity index (χ3n) is 3.54.